The van der Waals surface area contributed by atoms with Gasteiger partial charge < -0.3 is 9.64 Å². The summed E-state index contributed by atoms with van der Waals surface area (Å²) >= 11 is 5.75. The van der Waals surface area contributed by atoms with Gasteiger partial charge in [0.1, 0.15) is 0 Å². The molecule has 1 aliphatic carbocycles. The van der Waals surface area contributed by atoms with Crippen LogP contribution in [0.5, 0.6) is 0 Å². The molecule has 1 saturated carbocycles. The van der Waals surface area contributed by atoms with Crippen LogP contribution in [0, 0.1) is 10.7 Å². The number of carbonyl (C=O) groups is 1. The van der Waals surface area contributed by atoms with Gasteiger partial charge in [0, 0.05) is 36.8 Å². The molecule has 2 aromatic heterocycles. The van der Waals surface area contributed by atoms with Gasteiger partial charge in [0.2, 0.25) is 4.77 Å². The van der Waals surface area contributed by atoms with Crippen molar-refractivity contribution in [3.8, 4) is 11.4 Å². The van der Waals surface area contributed by atoms with Gasteiger partial charge in [0.15, 0.2) is 12.5 Å². The van der Waals surface area contributed by atoms with E-state index in [0.29, 0.717) is 12.6 Å². The summed E-state index contributed by atoms with van der Waals surface area (Å²) in [6.07, 6.45) is 7.66. The molecule has 0 radical (unpaired) electrons. The Kier molecular flexibility index (Phi) is 5.36. The Labute approximate surface area is 164 Å². The topological polar surface area (TPSA) is 66.4 Å². The highest BCUT2D eigenvalue weighted by molar-refractivity contribution is 7.71. The van der Waals surface area contributed by atoms with E-state index in [0.717, 1.165) is 61.6 Å². The second-order valence-electron chi connectivity index (χ2n) is 7.38. The number of carbonyl (C=O) groups excluding carboxylic acids is 1. The highest BCUT2D eigenvalue weighted by Crippen LogP contribution is 2.38. The van der Waals surface area contributed by atoms with Crippen molar-refractivity contribution in [2.45, 2.75) is 45.3 Å². The number of rotatable bonds is 6. The van der Waals surface area contributed by atoms with Crippen molar-refractivity contribution in [1.82, 2.24) is 19.3 Å². The number of nitrogens with zero attached hydrogens (tertiary/aromatic N) is 4. The lowest BCUT2D eigenvalue weighted by molar-refractivity contribution is -0.929. The zero-order chi connectivity index (χ0) is 18.8. The molecule has 7 nitrogen and oxygen atoms in total. The van der Waals surface area contributed by atoms with Crippen molar-refractivity contribution < 1.29 is 14.4 Å². The van der Waals surface area contributed by atoms with E-state index in [1.54, 1.807) is 6.20 Å². The van der Waals surface area contributed by atoms with Crippen LogP contribution in [0.2, 0.25) is 0 Å². The number of piperidine rings is 1. The molecule has 1 N–H and O–H groups in total. The first-order chi connectivity index (χ1) is 13.2. The number of esters is 1. The van der Waals surface area contributed by atoms with Crippen LogP contribution < -0.4 is 4.90 Å². The Hall–Kier alpha value is -2.06. The van der Waals surface area contributed by atoms with Gasteiger partial charge in [-0.3, -0.25) is 14.3 Å². The summed E-state index contributed by atoms with van der Waals surface area (Å²) in [5.41, 5.74) is 1.00. The molecule has 0 amide bonds. The highest BCUT2D eigenvalue weighted by atomic mass is 32.1. The molecule has 3 heterocycles. The lowest BCUT2D eigenvalue weighted by Gasteiger charge is -2.27. The van der Waals surface area contributed by atoms with Gasteiger partial charge in [-0.15, -0.1) is 5.10 Å². The molecule has 0 aromatic carbocycles. The molecule has 27 heavy (non-hydrogen) atoms. The van der Waals surface area contributed by atoms with Crippen molar-refractivity contribution >= 4 is 18.2 Å². The third kappa shape index (κ3) is 3.96. The predicted octanol–water partition coefficient (Wildman–Crippen LogP) is 1.63. The van der Waals surface area contributed by atoms with Gasteiger partial charge in [0.25, 0.3) is 0 Å². The first kappa shape index (κ1) is 18.3. The molecule has 0 unspecified atom stereocenters. The third-order valence-corrected chi connectivity index (χ3v) is 5.80. The second kappa shape index (κ2) is 7.90. The first-order valence-corrected chi connectivity index (χ1v) is 10.2. The van der Waals surface area contributed by atoms with Crippen LogP contribution in [0.15, 0.2) is 24.5 Å². The summed E-state index contributed by atoms with van der Waals surface area (Å²) in [6.45, 7) is 4.92. The fourth-order valence-electron chi connectivity index (χ4n) is 3.77. The maximum atomic E-state index is 11.9. The lowest BCUT2D eigenvalue weighted by atomic mass is 9.97. The molecule has 4 rings (SSSR count). The Morgan fingerprint density at radius 2 is 2.11 bits per heavy atom. The highest BCUT2D eigenvalue weighted by Gasteiger charge is 2.31. The van der Waals surface area contributed by atoms with E-state index in [9.17, 15) is 4.79 Å². The van der Waals surface area contributed by atoms with E-state index in [4.69, 9.17) is 22.1 Å². The van der Waals surface area contributed by atoms with Gasteiger partial charge in [-0.25, -0.2) is 0 Å². The van der Waals surface area contributed by atoms with E-state index >= 15 is 0 Å². The van der Waals surface area contributed by atoms with Gasteiger partial charge in [-0.1, -0.05) is 0 Å². The molecular weight excluding hydrogens is 362 g/mol. The van der Waals surface area contributed by atoms with Crippen molar-refractivity contribution in [1.29, 1.82) is 0 Å². The zero-order valence-electron chi connectivity index (χ0n) is 15.6. The Bertz CT molecular complexity index is 851. The summed E-state index contributed by atoms with van der Waals surface area (Å²) in [5.74, 6) is 0.901. The number of quaternary nitrogens is 1. The predicted molar refractivity (Wildman–Crippen MR) is 103 cm³/mol. The van der Waals surface area contributed by atoms with E-state index in [1.807, 2.05) is 29.9 Å². The molecule has 1 saturated heterocycles. The molecule has 8 heteroatoms. The standard InChI is InChI=1S/C19H25N5O2S/c1-2-26-18(25)14-7-10-22(11-8-14)13-23-19(27)24(16-5-6-16)17(21-23)15-4-3-9-20-12-15/h3-4,9,12,14,16H,2,5-8,10-11,13H2,1H3/p+1. The minimum Gasteiger partial charge on any atom is -0.466 e. The summed E-state index contributed by atoms with van der Waals surface area (Å²) in [6, 6.07) is 4.43. The Morgan fingerprint density at radius 1 is 1.33 bits per heavy atom. The number of likely N-dealkylation sites (tertiary alicyclic amines) is 1. The smallest absolute Gasteiger partial charge is 0.309 e. The van der Waals surface area contributed by atoms with Crippen LogP contribution in [-0.2, 0) is 16.2 Å². The van der Waals surface area contributed by atoms with Gasteiger partial charge in [0.05, 0.1) is 25.6 Å². The lowest BCUT2D eigenvalue weighted by Crippen LogP contribution is -3.12. The molecular formula is C19H26N5O2S+. The number of hydrogen-bond donors (Lipinski definition) is 1. The van der Waals surface area contributed by atoms with E-state index in [1.165, 1.54) is 4.90 Å². The second-order valence-corrected chi connectivity index (χ2v) is 7.75. The maximum absolute atomic E-state index is 11.9. The van der Waals surface area contributed by atoms with Gasteiger partial charge >= 0.3 is 5.97 Å². The van der Waals surface area contributed by atoms with Crippen LogP contribution in [-0.4, -0.2) is 45.0 Å². The zero-order valence-corrected chi connectivity index (χ0v) is 16.5. The Balaban J connectivity index is 1.49. The largest absolute Gasteiger partial charge is 0.466 e. The molecule has 1 aliphatic heterocycles. The summed E-state index contributed by atoms with van der Waals surface area (Å²) in [5, 5.41) is 4.84. The molecule has 2 aromatic rings. The Morgan fingerprint density at radius 3 is 2.74 bits per heavy atom. The molecule has 144 valence electrons. The van der Waals surface area contributed by atoms with Crippen LogP contribution in [0.1, 0.15) is 38.6 Å². The number of pyridine rings is 1. The van der Waals surface area contributed by atoms with Crippen LogP contribution in [0.25, 0.3) is 11.4 Å². The fourth-order valence-corrected chi connectivity index (χ4v) is 4.11. The SMILES string of the molecule is CCOC(=O)C1CC[NH+](Cn2nc(-c3cccnc3)n(C3CC3)c2=S)CC1. The maximum Gasteiger partial charge on any atom is 0.309 e. The average Bonchev–Trinajstić information content (AvgIpc) is 3.48. The molecule has 2 aliphatic rings. The summed E-state index contributed by atoms with van der Waals surface area (Å²) in [7, 11) is 0. The van der Waals surface area contributed by atoms with Gasteiger partial charge in [-0.2, -0.15) is 4.68 Å². The van der Waals surface area contributed by atoms with E-state index in [2.05, 4.69) is 9.55 Å². The van der Waals surface area contributed by atoms with Crippen molar-refractivity contribution in [3.63, 3.8) is 0 Å². The minimum atomic E-state index is -0.0509. The third-order valence-electron chi connectivity index (χ3n) is 5.39. The van der Waals surface area contributed by atoms with Crippen LogP contribution in [0.4, 0.5) is 0 Å². The molecule has 0 atom stereocenters. The van der Waals surface area contributed by atoms with Crippen LogP contribution in [0.3, 0.4) is 0 Å². The van der Waals surface area contributed by atoms with Crippen molar-refractivity contribution in [2.75, 3.05) is 19.7 Å². The van der Waals surface area contributed by atoms with Crippen molar-refractivity contribution in [2.24, 2.45) is 5.92 Å². The van der Waals surface area contributed by atoms with Gasteiger partial charge in [-0.05, 0) is 44.1 Å². The molecule has 0 bridgehead atoms. The number of aromatic nitrogens is 4. The monoisotopic (exact) mass is 388 g/mol. The quantitative estimate of drug-likeness (QED) is 0.602. The molecule has 0 spiro atoms. The summed E-state index contributed by atoms with van der Waals surface area (Å²) < 4.78 is 10.1. The van der Waals surface area contributed by atoms with E-state index in [-0.39, 0.29) is 11.9 Å². The number of hydrogen-bond acceptors (Lipinski definition) is 5. The normalized spacial score (nSPS) is 22.6. The minimum absolute atomic E-state index is 0.0386. The number of nitrogens with one attached hydrogen (secondary N) is 1. The first-order valence-electron chi connectivity index (χ1n) is 9.77. The van der Waals surface area contributed by atoms with Crippen molar-refractivity contribution in [3.05, 3.63) is 29.3 Å². The average molecular weight is 389 g/mol. The van der Waals surface area contributed by atoms with Crippen LogP contribution >= 0.6 is 12.2 Å². The number of ether oxygens (including phenoxy) is 1. The summed E-state index contributed by atoms with van der Waals surface area (Å²) in [4.78, 5) is 17.6. The molecule has 2 fully saturated rings. The van der Waals surface area contributed by atoms with E-state index < -0.39 is 0 Å². The fraction of sp³-hybridized carbons (Fsp3) is 0.579.